The smallest absolute Gasteiger partial charge is 0.0706 e. The molecule has 0 aliphatic heterocycles. The zero-order chi connectivity index (χ0) is 9.97. The molecule has 14 heavy (non-hydrogen) atoms. The average molecular weight is 248 g/mol. The van der Waals surface area contributed by atoms with Crippen molar-refractivity contribution in [3.8, 4) is 0 Å². The molecular weight excluding hydrogens is 238 g/mol. The van der Waals surface area contributed by atoms with Crippen LogP contribution in [0.3, 0.4) is 0 Å². The predicted molar refractivity (Wildman–Crippen MR) is 63.3 cm³/mol. The molecule has 0 fully saturated rings. The van der Waals surface area contributed by atoms with Gasteiger partial charge < -0.3 is 0 Å². The van der Waals surface area contributed by atoms with Crippen molar-refractivity contribution in [1.82, 2.24) is 4.98 Å². The van der Waals surface area contributed by atoms with Crippen molar-refractivity contribution in [2.45, 2.75) is 6.42 Å². The van der Waals surface area contributed by atoms with E-state index in [4.69, 9.17) is 0 Å². The number of benzene rings is 1. The van der Waals surface area contributed by atoms with Crippen molar-refractivity contribution in [3.05, 3.63) is 53.2 Å². The van der Waals surface area contributed by atoms with Crippen molar-refractivity contribution in [1.29, 1.82) is 0 Å². The highest BCUT2D eigenvalue weighted by atomic mass is 79.9. The lowest BCUT2D eigenvalue weighted by atomic mass is 10.2. The SMILES string of the molecule is C=CCc1nc2ccccc2cc1Br. The number of rotatable bonds is 2. The second-order valence-corrected chi connectivity index (χ2v) is 3.96. The highest BCUT2D eigenvalue weighted by Gasteiger charge is 2.01. The van der Waals surface area contributed by atoms with Crippen molar-refractivity contribution in [3.63, 3.8) is 0 Å². The summed E-state index contributed by atoms with van der Waals surface area (Å²) in [4.78, 5) is 4.55. The molecule has 2 heteroatoms. The van der Waals surface area contributed by atoms with Gasteiger partial charge in [0.25, 0.3) is 0 Å². The van der Waals surface area contributed by atoms with Crippen molar-refractivity contribution < 1.29 is 0 Å². The van der Waals surface area contributed by atoms with Gasteiger partial charge in [0.1, 0.15) is 0 Å². The van der Waals surface area contributed by atoms with Crippen molar-refractivity contribution in [2.24, 2.45) is 0 Å². The largest absolute Gasteiger partial charge is 0.251 e. The van der Waals surface area contributed by atoms with Gasteiger partial charge in [-0.15, -0.1) is 6.58 Å². The predicted octanol–water partition coefficient (Wildman–Crippen LogP) is 3.73. The molecule has 1 aromatic carbocycles. The molecule has 0 aliphatic carbocycles. The van der Waals surface area contributed by atoms with Crippen LogP contribution >= 0.6 is 15.9 Å². The minimum absolute atomic E-state index is 0.797. The summed E-state index contributed by atoms with van der Waals surface area (Å²) < 4.78 is 1.05. The van der Waals surface area contributed by atoms with E-state index in [-0.39, 0.29) is 0 Å². The topological polar surface area (TPSA) is 12.9 Å². The second kappa shape index (κ2) is 3.93. The molecule has 70 valence electrons. The molecule has 2 rings (SSSR count). The molecule has 0 spiro atoms. The number of hydrogen-bond acceptors (Lipinski definition) is 1. The normalized spacial score (nSPS) is 10.4. The number of aromatic nitrogens is 1. The fourth-order valence-corrected chi connectivity index (χ4v) is 1.91. The monoisotopic (exact) mass is 247 g/mol. The van der Waals surface area contributed by atoms with E-state index in [0.717, 1.165) is 27.5 Å². The van der Waals surface area contributed by atoms with Gasteiger partial charge in [0.2, 0.25) is 0 Å². The molecule has 0 aliphatic rings. The molecule has 1 heterocycles. The number of pyridine rings is 1. The third kappa shape index (κ3) is 1.70. The highest BCUT2D eigenvalue weighted by Crippen LogP contribution is 2.21. The molecule has 0 N–H and O–H groups in total. The fraction of sp³-hybridized carbons (Fsp3) is 0.0833. The summed E-state index contributed by atoms with van der Waals surface area (Å²) in [5.74, 6) is 0. The Bertz CT molecular complexity index is 477. The molecular formula is C12H10BrN. The molecule has 0 bridgehead atoms. The Kier molecular flexibility index (Phi) is 2.64. The van der Waals surface area contributed by atoms with Gasteiger partial charge >= 0.3 is 0 Å². The van der Waals surface area contributed by atoms with E-state index in [9.17, 15) is 0 Å². The van der Waals surface area contributed by atoms with E-state index in [1.807, 2.05) is 24.3 Å². The molecule has 0 unspecified atom stereocenters. The van der Waals surface area contributed by atoms with Gasteiger partial charge in [-0.3, -0.25) is 4.98 Å². The van der Waals surface area contributed by atoms with Crippen LogP contribution in [0, 0.1) is 0 Å². The number of hydrogen-bond donors (Lipinski definition) is 0. The molecule has 0 atom stereocenters. The van der Waals surface area contributed by atoms with Gasteiger partial charge in [-0.2, -0.15) is 0 Å². The zero-order valence-electron chi connectivity index (χ0n) is 7.70. The minimum atomic E-state index is 0.797. The van der Waals surface area contributed by atoms with Crippen LogP contribution in [0.5, 0.6) is 0 Å². The first-order valence-corrected chi connectivity index (χ1v) is 5.25. The molecule has 1 aromatic heterocycles. The van der Waals surface area contributed by atoms with Crippen LogP contribution in [0.1, 0.15) is 5.69 Å². The van der Waals surface area contributed by atoms with Gasteiger partial charge in [-0.05, 0) is 28.1 Å². The summed E-state index contributed by atoms with van der Waals surface area (Å²) >= 11 is 3.51. The van der Waals surface area contributed by atoms with Crippen LogP contribution in [0.2, 0.25) is 0 Å². The van der Waals surface area contributed by atoms with Crippen LogP contribution < -0.4 is 0 Å². The lowest BCUT2D eigenvalue weighted by Crippen LogP contribution is -1.90. The van der Waals surface area contributed by atoms with Crippen molar-refractivity contribution in [2.75, 3.05) is 0 Å². The molecule has 2 aromatic rings. The maximum Gasteiger partial charge on any atom is 0.0706 e. The Morgan fingerprint density at radius 1 is 1.36 bits per heavy atom. The number of allylic oxidation sites excluding steroid dienone is 1. The first-order chi connectivity index (χ1) is 6.81. The molecule has 0 saturated carbocycles. The summed E-state index contributed by atoms with van der Waals surface area (Å²) in [5.41, 5.74) is 2.08. The molecule has 0 amide bonds. The summed E-state index contributed by atoms with van der Waals surface area (Å²) in [7, 11) is 0. The number of halogens is 1. The quantitative estimate of drug-likeness (QED) is 0.738. The van der Waals surface area contributed by atoms with Crippen LogP contribution in [0.25, 0.3) is 10.9 Å². The Labute approximate surface area is 91.6 Å². The Hall–Kier alpha value is -1.15. The highest BCUT2D eigenvalue weighted by molar-refractivity contribution is 9.10. The van der Waals surface area contributed by atoms with E-state index in [1.54, 1.807) is 0 Å². The lowest BCUT2D eigenvalue weighted by molar-refractivity contribution is 1.13. The van der Waals surface area contributed by atoms with Gasteiger partial charge in [-0.25, -0.2) is 0 Å². The summed E-state index contributed by atoms with van der Waals surface area (Å²) in [5, 5.41) is 1.16. The maximum atomic E-state index is 4.55. The van der Waals surface area contributed by atoms with Gasteiger partial charge in [0.05, 0.1) is 11.2 Å². The Balaban J connectivity index is 2.64. The molecule has 1 nitrogen and oxygen atoms in total. The van der Waals surface area contributed by atoms with E-state index in [1.165, 1.54) is 0 Å². The first-order valence-electron chi connectivity index (χ1n) is 4.46. The van der Waals surface area contributed by atoms with Crippen LogP contribution in [-0.4, -0.2) is 4.98 Å². The van der Waals surface area contributed by atoms with Crippen LogP contribution in [0.15, 0.2) is 47.5 Å². The van der Waals surface area contributed by atoms with Crippen molar-refractivity contribution >= 4 is 26.8 Å². The first kappa shape index (κ1) is 9.41. The van der Waals surface area contributed by atoms with E-state index in [0.29, 0.717) is 0 Å². The van der Waals surface area contributed by atoms with Gasteiger partial charge in [-0.1, -0.05) is 24.3 Å². The molecule has 0 radical (unpaired) electrons. The minimum Gasteiger partial charge on any atom is -0.251 e. The standard InChI is InChI=1S/C12H10BrN/c1-2-5-12-10(13)8-9-6-3-4-7-11(9)14-12/h2-4,6-8H,1,5H2. The van der Waals surface area contributed by atoms with Gasteiger partial charge in [0.15, 0.2) is 0 Å². The van der Waals surface area contributed by atoms with Gasteiger partial charge in [0, 0.05) is 16.3 Å². The molecule has 0 saturated heterocycles. The maximum absolute atomic E-state index is 4.55. The van der Waals surface area contributed by atoms with Crippen LogP contribution in [0.4, 0.5) is 0 Å². The van der Waals surface area contributed by atoms with E-state index >= 15 is 0 Å². The summed E-state index contributed by atoms with van der Waals surface area (Å²) in [6.07, 6.45) is 2.66. The number of nitrogens with zero attached hydrogens (tertiary/aromatic N) is 1. The van der Waals surface area contributed by atoms with Crippen LogP contribution in [-0.2, 0) is 6.42 Å². The number of fused-ring (bicyclic) bond motifs is 1. The second-order valence-electron chi connectivity index (χ2n) is 3.10. The average Bonchev–Trinajstić information content (AvgIpc) is 2.19. The van der Waals surface area contributed by atoms with E-state index in [2.05, 4.69) is 39.6 Å². The fourth-order valence-electron chi connectivity index (χ4n) is 1.41. The third-order valence-corrected chi connectivity index (χ3v) is 2.77. The Morgan fingerprint density at radius 3 is 2.93 bits per heavy atom. The zero-order valence-corrected chi connectivity index (χ0v) is 9.29. The Morgan fingerprint density at radius 2 is 2.14 bits per heavy atom. The lowest BCUT2D eigenvalue weighted by Gasteiger charge is -2.03. The third-order valence-electron chi connectivity index (χ3n) is 2.09. The van der Waals surface area contributed by atoms with E-state index < -0.39 is 0 Å². The summed E-state index contributed by atoms with van der Waals surface area (Å²) in [6.45, 7) is 3.72. The number of para-hydroxylation sites is 1. The summed E-state index contributed by atoms with van der Waals surface area (Å²) in [6, 6.07) is 10.2.